The van der Waals surface area contributed by atoms with Gasteiger partial charge in [-0.25, -0.2) is 4.98 Å². The van der Waals surface area contributed by atoms with Crippen LogP contribution >= 0.6 is 11.8 Å². The van der Waals surface area contributed by atoms with E-state index in [0.717, 1.165) is 30.7 Å². The summed E-state index contributed by atoms with van der Waals surface area (Å²) in [5, 5.41) is 3.68. The van der Waals surface area contributed by atoms with E-state index in [1.54, 1.807) is 18.3 Å². The molecular weight excluding hydrogens is 300 g/mol. The van der Waals surface area contributed by atoms with Gasteiger partial charge in [0.25, 0.3) is 5.91 Å². The Hall–Kier alpha value is -1.11. The number of amides is 1. The number of ether oxygens (including phenoxy) is 2. The number of nitrogens with zero attached hydrogens (tertiary/aromatic N) is 1. The first kappa shape index (κ1) is 15.8. The molecule has 6 heteroatoms. The number of carbonyl (C=O) groups excluding carboxylic acids is 1. The highest BCUT2D eigenvalue weighted by molar-refractivity contribution is 7.98. The normalized spacial score (nSPS) is 23.6. The zero-order chi connectivity index (χ0) is 15.4. The third-order valence-corrected chi connectivity index (χ3v) is 4.94. The van der Waals surface area contributed by atoms with Crippen molar-refractivity contribution in [1.82, 2.24) is 10.3 Å². The van der Waals surface area contributed by atoms with Gasteiger partial charge in [-0.1, -0.05) is 6.42 Å². The molecule has 1 aliphatic carbocycles. The molecular formula is C16H22N2O3S. The Morgan fingerprint density at radius 2 is 2.27 bits per heavy atom. The van der Waals surface area contributed by atoms with Crippen molar-refractivity contribution in [2.75, 3.05) is 19.4 Å². The second kappa shape index (κ2) is 6.98. The van der Waals surface area contributed by atoms with Crippen LogP contribution in [-0.4, -0.2) is 42.2 Å². The number of thioether (sulfide) groups is 1. The molecule has 22 heavy (non-hydrogen) atoms. The zero-order valence-electron chi connectivity index (χ0n) is 12.8. The van der Waals surface area contributed by atoms with Gasteiger partial charge in [0.05, 0.1) is 12.2 Å². The van der Waals surface area contributed by atoms with Crippen LogP contribution in [0.15, 0.2) is 23.4 Å². The zero-order valence-corrected chi connectivity index (χ0v) is 13.7. The van der Waals surface area contributed by atoms with Crippen molar-refractivity contribution in [2.24, 2.45) is 0 Å². The molecule has 1 amide bonds. The second-order valence-electron chi connectivity index (χ2n) is 5.79. The van der Waals surface area contributed by atoms with Crippen LogP contribution in [0.5, 0.6) is 0 Å². The third kappa shape index (κ3) is 3.45. The van der Waals surface area contributed by atoms with E-state index in [0.29, 0.717) is 18.7 Å². The highest BCUT2D eigenvalue weighted by Gasteiger charge is 2.42. The quantitative estimate of drug-likeness (QED) is 0.864. The standard InChI is InChI=1S/C16H22N2O3S/c1-22-15-13(6-5-9-17-15)14(19)18-10-12-11-20-16(21-12)7-3-2-4-8-16/h5-6,9,12H,2-4,7-8,10-11H2,1H3,(H,18,19)/t12-/m0/s1. The highest BCUT2D eigenvalue weighted by Crippen LogP contribution is 2.37. The Balaban J connectivity index is 1.53. The molecule has 1 aromatic heterocycles. The van der Waals surface area contributed by atoms with Crippen LogP contribution in [0.4, 0.5) is 0 Å². The minimum absolute atomic E-state index is 0.0588. The van der Waals surface area contributed by atoms with E-state index in [2.05, 4.69) is 10.3 Å². The first-order valence-corrected chi connectivity index (χ1v) is 9.04. The average Bonchev–Trinajstić information content (AvgIpc) is 2.95. The summed E-state index contributed by atoms with van der Waals surface area (Å²) in [6.45, 7) is 1.03. The van der Waals surface area contributed by atoms with Crippen LogP contribution in [0.3, 0.4) is 0 Å². The van der Waals surface area contributed by atoms with Crippen LogP contribution in [0.2, 0.25) is 0 Å². The van der Waals surface area contributed by atoms with Crippen molar-refractivity contribution in [1.29, 1.82) is 0 Å². The summed E-state index contributed by atoms with van der Waals surface area (Å²) in [6.07, 6.45) is 9.07. The molecule has 1 aliphatic heterocycles. The van der Waals surface area contributed by atoms with Gasteiger partial charge in [-0.3, -0.25) is 4.79 Å². The minimum atomic E-state index is -0.383. The van der Waals surface area contributed by atoms with E-state index in [1.165, 1.54) is 18.2 Å². The van der Waals surface area contributed by atoms with Crippen molar-refractivity contribution in [2.45, 2.75) is 49.0 Å². The molecule has 3 rings (SSSR count). The Morgan fingerprint density at radius 1 is 1.45 bits per heavy atom. The molecule has 1 saturated carbocycles. The number of pyridine rings is 1. The van der Waals surface area contributed by atoms with Gasteiger partial charge in [-0.05, 0) is 31.2 Å². The molecule has 0 unspecified atom stereocenters. The summed E-state index contributed by atoms with van der Waals surface area (Å²) in [5.74, 6) is -0.488. The Bertz CT molecular complexity index is 532. The Morgan fingerprint density at radius 3 is 3.05 bits per heavy atom. The van der Waals surface area contributed by atoms with Crippen LogP contribution in [0.1, 0.15) is 42.5 Å². The maximum Gasteiger partial charge on any atom is 0.254 e. The van der Waals surface area contributed by atoms with Crippen molar-refractivity contribution in [3.8, 4) is 0 Å². The van der Waals surface area contributed by atoms with E-state index in [1.807, 2.05) is 6.26 Å². The molecule has 0 bridgehead atoms. The van der Waals surface area contributed by atoms with Gasteiger partial charge in [0.1, 0.15) is 11.1 Å². The van der Waals surface area contributed by atoms with E-state index in [-0.39, 0.29) is 17.8 Å². The number of nitrogens with one attached hydrogen (secondary N) is 1. The Kier molecular flexibility index (Phi) is 5.00. The molecule has 0 aromatic carbocycles. The number of carbonyl (C=O) groups is 1. The molecule has 1 N–H and O–H groups in total. The van der Waals surface area contributed by atoms with E-state index >= 15 is 0 Å². The summed E-state index contributed by atoms with van der Waals surface area (Å²) in [5.41, 5.74) is 0.612. The second-order valence-corrected chi connectivity index (χ2v) is 6.59. The van der Waals surface area contributed by atoms with Gasteiger partial charge in [0.15, 0.2) is 5.79 Å². The summed E-state index contributed by atoms with van der Waals surface area (Å²) < 4.78 is 12.0. The number of aromatic nitrogens is 1. The average molecular weight is 322 g/mol. The summed E-state index contributed by atoms with van der Waals surface area (Å²) in [4.78, 5) is 16.5. The summed E-state index contributed by atoms with van der Waals surface area (Å²) in [6, 6.07) is 3.57. The van der Waals surface area contributed by atoms with Crippen LogP contribution in [-0.2, 0) is 9.47 Å². The van der Waals surface area contributed by atoms with Crippen LogP contribution < -0.4 is 5.32 Å². The van der Waals surface area contributed by atoms with Gasteiger partial charge >= 0.3 is 0 Å². The van der Waals surface area contributed by atoms with Crippen LogP contribution in [0.25, 0.3) is 0 Å². The topological polar surface area (TPSA) is 60.5 Å². The van der Waals surface area contributed by atoms with E-state index in [9.17, 15) is 4.79 Å². The summed E-state index contributed by atoms with van der Waals surface area (Å²) >= 11 is 1.47. The molecule has 120 valence electrons. The van der Waals surface area contributed by atoms with Gasteiger partial charge in [0, 0.05) is 25.6 Å². The van der Waals surface area contributed by atoms with Gasteiger partial charge in [0.2, 0.25) is 0 Å². The maximum atomic E-state index is 12.3. The van der Waals surface area contributed by atoms with Crippen LogP contribution in [0, 0.1) is 0 Å². The SMILES string of the molecule is CSc1ncccc1C(=O)NC[C@H]1COC2(CCCCC2)O1. The molecule has 2 fully saturated rings. The molecule has 1 atom stereocenters. The lowest BCUT2D eigenvalue weighted by Crippen LogP contribution is -2.37. The number of rotatable bonds is 4. The molecule has 2 aliphatic rings. The third-order valence-electron chi connectivity index (χ3n) is 4.23. The van der Waals surface area contributed by atoms with Gasteiger partial charge in [-0.15, -0.1) is 11.8 Å². The van der Waals surface area contributed by atoms with Crippen molar-refractivity contribution in [3.05, 3.63) is 23.9 Å². The fourth-order valence-corrected chi connectivity index (χ4v) is 3.64. The van der Waals surface area contributed by atoms with Crippen molar-refractivity contribution in [3.63, 3.8) is 0 Å². The monoisotopic (exact) mass is 322 g/mol. The smallest absolute Gasteiger partial charge is 0.254 e. The Labute approximate surface area is 135 Å². The largest absolute Gasteiger partial charge is 0.349 e. The van der Waals surface area contributed by atoms with Gasteiger partial charge in [-0.2, -0.15) is 0 Å². The predicted octanol–water partition coefficient (Wildman–Crippen LogP) is 2.61. The number of hydrogen-bond acceptors (Lipinski definition) is 5. The fraction of sp³-hybridized carbons (Fsp3) is 0.625. The first-order chi connectivity index (χ1) is 10.7. The fourth-order valence-electron chi connectivity index (χ4n) is 3.10. The molecule has 1 saturated heterocycles. The lowest BCUT2D eigenvalue weighted by molar-refractivity contribution is -0.186. The predicted molar refractivity (Wildman–Crippen MR) is 85.0 cm³/mol. The summed E-state index contributed by atoms with van der Waals surface area (Å²) in [7, 11) is 0. The molecule has 0 radical (unpaired) electrons. The lowest BCUT2D eigenvalue weighted by atomic mass is 9.94. The van der Waals surface area contributed by atoms with Crippen molar-refractivity contribution >= 4 is 17.7 Å². The minimum Gasteiger partial charge on any atom is -0.349 e. The molecule has 1 aromatic rings. The lowest BCUT2D eigenvalue weighted by Gasteiger charge is -2.31. The molecule has 5 nitrogen and oxygen atoms in total. The van der Waals surface area contributed by atoms with E-state index in [4.69, 9.17) is 9.47 Å². The van der Waals surface area contributed by atoms with E-state index < -0.39 is 0 Å². The maximum absolute atomic E-state index is 12.3. The first-order valence-electron chi connectivity index (χ1n) is 7.81. The van der Waals surface area contributed by atoms with Gasteiger partial charge < -0.3 is 14.8 Å². The molecule has 1 spiro atoms. The van der Waals surface area contributed by atoms with Crippen molar-refractivity contribution < 1.29 is 14.3 Å². The highest BCUT2D eigenvalue weighted by atomic mass is 32.2. The molecule has 2 heterocycles. The number of hydrogen-bond donors (Lipinski definition) is 1.